The van der Waals surface area contributed by atoms with Gasteiger partial charge in [0.25, 0.3) is 17.4 Å². The third-order valence-corrected chi connectivity index (χ3v) is 3.63. The predicted octanol–water partition coefficient (Wildman–Crippen LogP) is 2.63. The molecule has 0 aromatic heterocycles. The third-order valence-electron chi connectivity index (χ3n) is 3.63. The largest absolute Gasteiger partial charge is 0.300 e. The number of hydrogen-bond acceptors (Lipinski definition) is 4. The van der Waals surface area contributed by atoms with Crippen molar-refractivity contribution in [2.24, 2.45) is 0 Å². The van der Waals surface area contributed by atoms with Crippen molar-refractivity contribution in [3.8, 4) is 0 Å². The van der Waals surface area contributed by atoms with Crippen LogP contribution in [-0.2, 0) is 11.3 Å². The second-order valence-electron chi connectivity index (χ2n) is 5.16. The van der Waals surface area contributed by atoms with Gasteiger partial charge in [-0.15, -0.1) is 0 Å². The van der Waals surface area contributed by atoms with Crippen LogP contribution in [0.15, 0.2) is 42.5 Å². The number of hydrogen-bond donors (Lipinski definition) is 0. The number of nitro benzene ring substituents is 1. The molecule has 0 saturated heterocycles. The molecule has 0 radical (unpaired) electrons. The summed E-state index contributed by atoms with van der Waals surface area (Å²) < 4.78 is 0. The van der Waals surface area contributed by atoms with E-state index in [2.05, 4.69) is 0 Å². The molecule has 110 valence electrons. The molecule has 2 aromatic carbocycles. The molecule has 3 rings (SSSR count). The highest BCUT2D eigenvalue weighted by Gasteiger charge is 2.36. The van der Waals surface area contributed by atoms with Crippen LogP contribution in [0.4, 0.5) is 11.4 Å². The minimum atomic E-state index is -0.703. The van der Waals surface area contributed by atoms with Crippen molar-refractivity contribution in [2.75, 3.05) is 4.90 Å². The van der Waals surface area contributed by atoms with Gasteiger partial charge in [0.2, 0.25) is 0 Å². The molecule has 0 aliphatic carbocycles. The minimum absolute atomic E-state index is 0.0892. The van der Waals surface area contributed by atoms with Crippen molar-refractivity contribution in [3.05, 3.63) is 69.3 Å². The summed E-state index contributed by atoms with van der Waals surface area (Å²) >= 11 is 0. The van der Waals surface area contributed by atoms with Crippen LogP contribution in [0.3, 0.4) is 0 Å². The Balaban J connectivity index is 1.98. The number of carbonyl (C=O) groups excluding carboxylic acids is 2. The maximum atomic E-state index is 12.1. The molecule has 0 unspecified atom stereocenters. The van der Waals surface area contributed by atoms with Crippen LogP contribution in [0.25, 0.3) is 0 Å². The van der Waals surface area contributed by atoms with E-state index in [4.69, 9.17) is 0 Å². The fourth-order valence-electron chi connectivity index (χ4n) is 2.44. The quantitative estimate of drug-likeness (QED) is 0.495. The van der Waals surface area contributed by atoms with Crippen LogP contribution in [0.1, 0.15) is 21.5 Å². The Kier molecular flexibility index (Phi) is 3.21. The van der Waals surface area contributed by atoms with Gasteiger partial charge in [-0.05, 0) is 18.6 Å². The van der Waals surface area contributed by atoms with Crippen molar-refractivity contribution in [1.82, 2.24) is 0 Å². The first-order chi connectivity index (χ1) is 10.5. The Labute approximate surface area is 126 Å². The number of fused-ring (bicyclic) bond motifs is 1. The number of anilines is 1. The number of nitro groups is 1. The smallest absolute Gasteiger partial charge is 0.299 e. The highest BCUT2D eigenvalue weighted by Crippen LogP contribution is 2.33. The topological polar surface area (TPSA) is 80.5 Å². The van der Waals surface area contributed by atoms with Gasteiger partial charge in [-0.1, -0.05) is 29.8 Å². The zero-order valence-electron chi connectivity index (χ0n) is 11.8. The highest BCUT2D eigenvalue weighted by molar-refractivity contribution is 6.52. The van der Waals surface area contributed by atoms with Crippen LogP contribution >= 0.6 is 0 Å². The molecule has 0 fully saturated rings. The molecule has 1 heterocycles. The van der Waals surface area contributed by atoms with E-state index in [0.29, 0.717) is 5.69 Å². The van der Waals surface area contributed by atoms with Gasteiger partial charge in [0.1, 0.15) is 0 Å². The number of ketones is 1. The summed E-state index contributed by atoms with van der Waals surface area (Å²) in [6.45, 7) is 2.22. The van der Waals surface area contributed by atoms with E-state index in [1.54, 1.807) is 0 Å². The minimum Gasteiger partial charge on any atom is -0.300 e. The highest BCUT2D eigenvalue weighted by atomic mass is 16.6. The van der Waals surface area contributed by atoms with E-state index in [0.717, 1.165) is 17.2 Å². The molecular formula is C16H12N2O4. The lowest BCUT2D eigenvalue weighted by molar-refractivity contribution is -0.384. The summed E-state index contributed by atoms with van der Waals surface area (Å²) in [5.74, 6) is -1.36. The van der Waals surface area contributed by atoms with Crippen LogP contribution in [0.5, 0.6) is 0 Å². The van der Waals surface area contributed by atoms with Gasteiger partial charge in [0.05, 0.1) is 22.7 Å². The lowest BCUT2D eigenvalue weighted by atomic mass is 10.1. The third kappa shape index (κ3) is 2.24. The van der Waals surface area contributed by atoms with Gasteiger partial charge in [0, 0.05) is 12.1 Å². The summed E-state index contributed by atoms with van der Waals surface area (Å²) in [6, 6.07) is 11.5. The first-order valence-electron chi connectivity index (χ1n) is 6.67. The molecule has 0 N–H and O–H groups in total. The van der Waals surface area contributed by atoms with Crippen LogP contribution in [-0.4, -0.2) is 16.6 Å². The number of non-ortho nitro benzene ring substituents is 1. The van der Waals surface area contributed by atoms with Gasteiger partial charge in [0.15, 0.2) is 0 Å². The Morgan fingerprint density at radius 3 is 2.41 bits per heavy atom. The zero-order chi connectivity index (χ0) is 15.9. The fourth-order valence-corrected chi connectivity index (χ4v) is 2.44. The van der Waals surface area contributed by atoms with Gasteiger partial charge in [-0.25, -0.2) is 0 Å². The lowest BCUT2D eigenvalue weighted by Crippen LogP contribution is -2.29. The van der Waals surface area contributed by atoms with E-state index in [1.165, 1.54) is 17.0 Å². The molecule has 1 aliphatic heterocycles. The molecule has 0 saturated carbocycles. The van der Waals surface area contributed by atoms with Crippen LogP contribution in [0, 0.1) is 17.0 Å². The maximum absolute atomic E-state index is 12.1. The van der Waals surface area contributed by atoms with E-state index >= 15 is 0 Å². The van der Waals surface area contributed by atoms with Crippen molar-refractivity contribution in [3.63, 3.8) is 0 Å². The molecule has 0 spiro atoms. The average molecular weight is 296 g/mol. The summed E-state index contributed by atoms with van der Waals surface area (Å²) in [5, 5.41) is 10.8. The molecule has 6 heteroatoms. The van der Waals surface area contributed by atoms with Gasteiger partial charge in [-0.3, -0.25) is 19.7 Å². The summed E-state index contributed by atoms with van der Waals surface area (Å²) in [6.07, 6.45) is 0. The molecule has 1 aliphatic rings. The first kappa shape index (κ1) is 13.9. The number of Topliss-reactive ketones (excluding diaryl/α,β-unsaturated/α-hetero) is 1. The van der Waals surface area contributed by atoms with Crippen molar-refractivity contribution >= 4 is 23.1 Å². The molecule has 2 aromatic rings. The maximum Gasteiger partial charge on any atom is 0.299 e. The lowest BCUT2D eigenvalue weighted by Gasteiger charge is -2.16. The Morgan fingerprint density at radius 2 is 1.77 bits per heavy atom. The Hall–Kier alpha value is -3.02. The standard InChI is InChI=1S/C16H12N2O4/c1-10-2-4-11(5-3-10)9-17-14-7-6-12(18(21)22)8-13(14)15(19)16(17)20/h2-8H,9H2,1H3. The van der Waals surface area contributed by atoms with E-state index in [9.17, 15) is 19.7 Å². The number of carbonyl (C=O) groups is 2. The van der Waals surface area contributed by atoms with Gasteiger partial charge in [-0.2, -0.15) is 0 Å². The Bertz CT molecular complexity index is 796. The number of nitrogens with zero attached hydrogens (tertiary/aromatic N) is 2. The predicted molar refractivity (Wildman–Crippen MR) is 79.8 cm³/mol. The van der Waals surface area contributed by atoms with E-state index in [1.807, 2.05) is 31.2 Å². The van der Waals surface area contributed by atoms with Crippen molar-refractivity contribution in [2.45, 2.75) is 13.5 Å². The molecule has 0 bridgehead atoms. The molecular weight excluding hydrogens is 284 g/mol. The second kappa shape index (κ2) is 5.07. The second-order valence-corrected chi connectivity index (χ2v) is 5.16. The molecule has 6 nitrogen and oxygen atoms in total. The number of amides is 1. The summed E-state index contributed by atoms with van der Waals surface area (Å²) in [5.41, 5.74) is 2.30. The summed E-state index contributed by atoms with van der Waals surface area (Å²) in [7, 11) is 0. The van der Waals surface area contributed by atoms with Crippen molar-refractivity contribution in [1.29, 1.82) is 0 Å². The molecule has 1 amide bonds. The first-order valence-corrected chi connectivity index (χ1v) is 6.67. The van der Waals surface area contributed by atoms with E-state index < -0.39 is 16.6 Å². The molecule has 0 atom stereocenters. The summed E-state index contributed by atoms with van der Waals surface area (Å²) in [4.78, 5) is 35.7. The van der Waals surface area contributed by atoms with Crippen LogP contribution in [0.2, 0.25) is 0 Å². The average Bonchev–Trinajstić information content (AvgIpc) is 2.74. The zero-order valence-corrected chi connectivity index (χ0v) is 11.8. The fraction of sp³-hybridized carbons (Fsp3) is 0.125. The number of rotatable bonds is 3. The Morgan fingerprint density at radius 1 is 1.09 bits per heavy atom. The number of aryl methyl sites for hydroxylation is 1. The molecule has 22 heavy (non-hydrogen) atoms. The normalized spacial score (nSPS) is 13.4. The SMILES string of the molecule is Cc1ccc(CN2C(=O)C(=O)c3cc([N+](=O)[O-])ccc32)cc1. The monoisotopic (exact) mass is 296 g/mol. The van der Waals surface area contributed by atoms with E-state index in [-0.39, 0.29) is 17.8 Å². The van der Waals surface area contributed by atoms with Crippen LogP contribution < -0.4 is 4.90 Å². The van der Waals surface area contributed by atoms with Crippen molar-refractivity contribution < 1.29 is 14.5 Å². The van der Waals surface area contributed by atoms with Gasteiger partial charge < -0.3 is 4.90 Å². The number of benzene rings is 2. The van der Waals surface area contributed by atoms with Gasteiger partial charge >= 0.3 is 0 Å².